The summed E-state index contributed by atoms with van der Waals surface area (Å²) >= 11 is 7.24. The number of benzene rings is 2. The lowest BCUT2D eigenvalue weighted by molar-refractivity contribution is -0.384. The molecule has 0 unspecified atom stereocenters. The lowest BCUT2D eigenvalue weighted by Crippen LogP contribution is -2.15. The first-order valence-corrected chi connectivity index (χ1v) is 10.0. The van der Waals surface area contributed by atoms with Crippen molar-refractivity contribution in [2.75, 3.05) is 12.4 Å². The maximum absolute atomic E-state index is 12.5. The first kappa shape index (κ1) is 19.9. The molecule has 152 valence electrons. The van der Waals surface area contributed by atoms with Gasteiger partial charge in [-0.15, -0.1) is 11.3 Å². The Labute approximate surface area is 179 Å². The fourth-order valence-corrected chi connectivity index (χ4v) is 4.02. The number of nitrogens with one attached hydrogen (secondary N) is 1. The number of imidazole rings is 1. The van der Waals surface area contributed by atoms with Crippen LogP contribution >= 0.6 is 22.9 Å². The van der Waals surface area contributed by atoms with Gasteiger partial charge >= 0.3 is 0 Å². The van der Waals surface area contributed by atoms with Crippen LogP contribution in [0, 0.1) is 10.1 Å². The molecular formula is C20H15ClN4O4S. The van der Waals surface area contributed by atoms with Gasteiger partial charge in [0.15, 0.2) is 4.96 Å². The largest absolute Gasteiger partial charge is 0.497 e. The minimum atomic E-state index is -0.591. The summed E-state index contributed by atoms with van der Waals surface area (Å²) in [6, 6.07) is 11.7. The van der Waals surface area contributed by atoms with E-state index in [9.17, 15) is 14.9 Å². The minimum absolute atomic E-state index is 0.0158. The van der Waals surface area contributed by atoms with Gasteiger partial charge in [0.25, 0.3) is 5.69 Å². The van der Waals surface area contributed by atoms with E-state index in [-0.39, 0.29) is 23.0 Å². The molecule has 0 aliphatic rings. The van der Waals surface area contributed by atoms with Crippen LogP contribution in [0.25, 0.3) is 16.2 Å². The van der Waals surface area contributed by atoms with E-state index in [1.165, 1.54) is 29.5 Å². The zero-order chi connectivity index (χ0) is 21.3. The van der Waals surface area contributed by atoms with Crippen molar-refractivity contribution < 1.29 is 14.5 Å². The number of carbonyl (C=O) groups excluding carboxylic acids is 1. The van der Waals surface area contributed by atoms with Gasteiger partial charge in [0.1, 0.15) is 10.8 Å². The molecule has 0 saturated carbocycles. The number of nitro groups is 1. The average Bonchev–Trinajstić information content (AvgIpc) is 3.31. The van der Waals surface area contributed by atoms with E-state index in [0.717, 1.165) is 27.7 Å². The van der Waals surface area contributed by atoms with Crippen molar-refractivity contribution in [2.45, 2.75) is 6.42 Å². The van der Waals surface area contributed by atoms with Gasteiger partial charge in [0, 0.05) is 34.6 Å². The SMILES string of the molecule is COc1ccc(-c2cn3c(CC(=O)Nc4ccc(Cl)c([N+](=O)[O-])c4)csc3n2)cc1. The highest BCUT2D eigenvalue weighted by Gasteiger charge is 2.16. The van der Waals surface area contributed by atoms with Crippen molar-refractivity contribution >= 4 is 45.2 Å². The van der Waals surface area contributed by atoms with Gasteiger partial charge in [-0.25, -0.2) is 4.98 Å². The molecule has 0 aliphatic heterocycles. The van der Waals surface area contributed by atoms with Gasteiger partial charge in [-0.05, 0) is 36.4 Å². The van der Waals surface area contributed by atoms with Crippen LogP contribution < -0.4 is 10.1 Å². The molecule has 0 atom stereocenters. The number of carbonyl (C=O) groups is 1. The van der Waals surface area contributed by atoms with Crippen LogP contribution in [-0.4, -0.2) is 27.3 Å². The van der Waals surface area contributed by atoms with E-state index in [0.29, 0.717) is 5.69 Å². The number of anilines is 1. The Hall–Kier alpha value is -3.43. The molecule has 10 heteroatoms. The van der Waals surface area contributed by atoms with Crippen LogP contribution in [0.5, 0.6) is 5.75 Å². The number of hydrogen-bond donors (Lipinski definition) is 1. The van der Waals surface area contributed by atoms with Gasteiger partial charge < -0.3 is 10.1 Å². The smallest absolute Gasteiger partial charge is 0.289 e. The summed E-state index contributed by atoms with van der Waals surface area (Å²) in [5.41, 5.74) is 2.55. The molecule has 0 aliphatic carbocycles. The summed E-state index contributed by atoms with van der Waals surface area (Å²) in [5, 5.41) is 15.6. The van der Waals surface area contributed by atoms with Crippen LogP contribution in [0.4, 0.5) is 11.4 Å². The molecule has 1 amide bonds. The number of thiazole rings is 1. The Morgan fingerprint density at radius 3 is 2.77 bits per heavy atom. The van der Waals surface area contributed by atoms with E-state index >= 15 is 0 Å². The number of amides is 1. The molecule has 0 fully saturated rings. The predicted molar refractivity (Wildman–Crippen MR) is 115 cm³/mol. The molecular weight excluding hydrogens is 428 g/mol. The standard InChI is InChI=1S/C20H15ClN4O4S/c1-29-15-5-2-12(3-6-15)17-10-24-14(11-30-20(24)23-17)9-19(26)22-13-4-7-16(21)18(8-13)25(27)28/h2-8,10-11H,9H2,1H3,(H,22,26). The molecule has 0 bridgehead atoms. The Bertz CT molecular complexity index is 1250. The molecule has 30 heavy (non-hydrogen) atoms. The van der Waals surface area contributed by atoms with E-state index in [2.05, 4.69) is 10.3 Å². The summed E-state index contributed by atoms with van der Waals surface area (Å²) in [4.78, 5) is 28.3. The number of rotatable bonds is 6. The summed E-state index contributed by atoms with van der Waals surface area (Å²) < 4.78 is 7.04. The highest BCUT2D eigenvalue weighted by molar-refractivity contribution is 7.15. The Morgan fingerprint density at radius 2 is 2.07 bits per heavy atom. The van der Waals surface area contributed by atoms with Crippen molar-refractivity contribution in [2.24, 2.45) is 0 Å². The number of fused-ring (bicyclic) bond motifs is 1. The average molecular weight is 443 g/mol. The highest BCUT2D eigenvalue weighted by atomic mass is 35.5. The molecule has 1 N–H and O–H groups in total. The van der Waals surface area contributed by atoms with Crippen LogP contribution in [0.15, 0.2) is 54.0 Å². The first-order chi connectivity index (χ1) is 14.4. The van der Waals surface area contributed by atoms with Gasteiger partial charge in [-0.1, -0.05) is 11.6 Å². The number of hydrogen-bond acceptors (Lipinski definition) is 6. The summed E-state index contributed by atoms with van der Waals surface area (Å²) in [6.45, 7) is 0. The van der Waals surface area contributed by atoms with Gasteiger partial charge in [-0.2, -0.15) is 0 Å². The second kappa shape index (κ2) is 8.13. The van der Waals surface area contributed by atoms with E-state index < -0.39 is 4.92 Å². The highest BCUT2D eigenvalue weighted by Crippen LogP contribution is 2.28. The molecule has 0 radical (unpaired) electrons. The fraction of sp³-hybridized carbons (Fsp3) is 0.100. The van der Waals surface area contributed by atoms with Crippen molar-refractivity contribution in [3.8, 4) is 17.0 Å². The molecule has 2 heterocycles. The van der Waals surface area contributed by atoms with Crippen LogP contribution in [0.2, 0.25) is 5.02 Å². The van der Waals surface area contributed by atoms with Crippen molar-refractivity contribution in [3.05, 3.63) is 74.9 Å². The van der Waals surface area contributed by atoms with E-state index in [1.807, 2.05) is 40.2 Å². The minimum Gasteiger partial charge on any atom is -0.497 e. The molecule has 4 aromatic rings. The zero-order valence-corrected chi connectivity index (χ0v) is 17.2. The fourth-order valence-electron chi connectivity index (χ4n) is 2.96. The van der Waals surface area contributed by atoms with E-state index in [4.69, 9.17) is 16.3 Å². The molecule has 0 spiro atoms. The van der Waals surface area contributed by atoms with Gasteiger partial charge in [0.05, 0.1) is 24.1 Å². The number of nitrogens with zero attached hydrogens (tertiary/aromatic N) is 3. The number of nitro benzene ring substituents is 1. The quantitative estimate of drug-likeness (QED) is 0.341. The molecule has 0 saturated heterocycles. The Balaban J connectivity index is 1.52. The normalized spacial score (nSPS) is 10.9. The summed E-state index contributed by atoms with van der Waals surface area (Å²) in [6.07, 6.45) is 1.97. The Morgan fingerprint density at radius 1 is 1.30 bits per heavy atom. The number of aromatic nitrogens is 2. The van der Waals surface area contributed by atoms with Crippen LogP contribution in [-0.2, 0) is 11.2 Å². The topological polar surface area (TPSA) is 98.8 Å². The third kappa shape index (κ3) is 3.98. The molecule has 2 aromatic heterocycles. The van der Waals surface area contributed by atoms with Crippen LogP contribution in [0.3, 0.4) is 0 Å². The Kier molecular flexibility index (Phi) is 5.39. The number of methoxy groups -OCH3 is 1. The predicted octanol–water partition coefficient (Wildman–Crippen LogP) is 4.81. The third-order valence-corrected chi connectivity index (χ3v) is 5.65. The van der Waals surface area contributed by atoms with Crippen molar-refractivity contribution in [1.29, 1.82) is 0 Å². The maximum atomic E-state index is 12.5. The first-order valence-electron chi connectivity index (χ1n) is 8.78. The van der Waals surface area contributed by atoms with Crippen molar-refractivity contribution in [3.63, 3.8) is 0 Å². The van der Waals surface area contributed by atoms with Crippen molar-refractivity contribution in [1.82, 2.24) is 9.38 Å². The monoisotopic (exact) mass is 442 g/mol. The summed E-state index contributed by atoms with van der Waals surface area (Å²) in [5.74, 6) is 0.464. The number of ether oxygens (including phenoxy) is 1. The van der Waals surface area contributed by atoms with Crippen LogP contribution in [0.1, 0.15) is 5.69 Å². The second-order valence-electron chi connectivity index (χ2n) is 6.38. The number of halogens is 1. The molecule has 2 aromatic carbocycles. The zero-order valence-electron chi connectivity index (χ0n) is 15.7. The lowest BCUT2D eigenvalue weighted by Gasteiger charge is -2.05. The van der Waals surface area contributed by atoms with E-state index in [1.54, 1.807) is 7.11 Å². The molecule has 8 nitrogen and oxygen atoms in total. The second-order valence-corrected chi connectivity index (χ2v) is 7.63. The van der Waals surface area contributed by atoms with Gasteiger partial charge in [-0.3, -0.25) is 19.3 Å². The van der Waals surface area contributed by atoms with Gasteiger partial charge in [0.2, 0.25) is 5.91 Å². The lowest BCUT2D eigenvalue weighted by atomic mass is 10.2. The third-order valence-electron chi connectivity index (χ3n) is 4.44. The molecule has 4 rings (SSSR count). The maximum Gasteiger partial charge on any atom is 0.289 e. The summed E-state index contributed by atoms with van der Waals surface area (Å²) in [7, 11) is 1.61.